The Morgan fingerprint density at radius 2 is 1.97 bits per heavy atom. The standard InChI is InChI=1S/C20H20F3N5OS/c1-12-8-13(15-11-25-17(30-15)4-5-18(29)28(2)3)10-14(9-12)26-19-24-7-6-16(27-19)20(21,22)23/h6-11H,4-5H2,1-3H3,(H,24,26,27). The number of amides is 1. The van der Waals surface area contributed by atoms with Crippen molar-refractivity contribution in [2.75, 3.05) is 19.4 Å². The van der Waals surface area contributed by atoms with E-state index in [4.69, 9.17) is 0 Å². The number of nitrogens with zero attached hydrogens (tertiary/aromatic N) is 4. The molecule has 0 spiro atoms. The quantitative estimate of drug-likeness (QED) is 0.608. The molecule has 6 nitrogen and oxygen atoms in total. The first-order chi connectivity index (χ1) is 14.1. The summed E-state index contributed by atoms with van der Waals surface area (Å²) in [5, 5.41) is 3.68. The molecule has 158 valence electrons. The lowest BCUT2D eigenvalue weighted by Gasteiger charge is -2.10. The molecule has 0 aliphatic carbocycles. The third-order valence-electron chi connectivity index (χ3n) is 4.17. The summed E-state index contributed by atoms with van der Waals surface area (Å²) >= 11 is 1.48. The van der Waals surface area contributed by atoms with E-state index in [0.29, 0.717) is 18.5 Å². The van der Waals surface area contributed by atoms with Crippen LogP contribution in [0.25, 0.3) is 10.4 Å². The summed E-state index contributed by atoms with van der Waals surface area (Å²) in [5.41, 5.74) is 1.35. The van der Waals surface area contributed by atoms with Gasteiger partial charge in [0.2, 0.25) is 11.9 Å². The van der Waals surface area contributed by atoms with Crippen molar-refractivity contribution in [3.63, 3.8) is 0 Å². The van der Waals surface area contributed by atoms with E-state index in [1.165, 1.54) is 11.3 Å². The van der Waals surface area contributed by atoms with Crippen LogP contribution in [-0.2, 0) is 17.4 Å². The van der Waals surface area contributed by atoms with Gasteiger partial charge in [0.25, 0.3) is 0 Å². The number of alkyl halides is 3. The molecule has 0 saturated heterocycles. The summed E-state index contributed by atoms with van der Waals surface area (Å²) < 4.78 is 38.6. The number of aryl methyl sites for hydroxylation is 2. The zero-order valence-electron chi connectivity index (χ0n) is 16.6. The molecule has 30 heavy (non-hydrogen) atoms. The summed E-state index contributed by atoms with van der Waals surface area (Å²) in [6.45, 7) is 1.89. The molecule has 10 heteroatoms. The highest BCUT2D eigenvalue weighted by molar-refractivity contribution is 7.15. The number of benzene rings is 1. The Morgan fingerprint density at radius 3 is 2.67 bits per heavy atom. The summed E-state index contributed by atoms with van der Waals surface area (Å²) in [7, 11) is 3.43. The first-order valence-electron chi connectivity index (χ1n) is 9.06. The Hall–Kier alpha value is -3.01. The van der Waals surface area contributed by atoms with Crippen molar-refractivity contribution < 1.29 is 18.0 Å². The molecule has 0 bridgehead atoms. The van der Waals surface area contributed by atoms with E-state index in [-0.39, 0.29) is 11.9 Å². The third-order valence-corrected chi connectivity index (χ3v) is 5.28. The molecular weight excluding hydrogens is 415 g/mol. The van der Waals surface area contributed by atoms with Gasteiger partial charge < -0.3 is 10.2 Å². The number of hydrogen-bond donors (Lipinski definition) is 1. The van der Waals surface area contributed by atoms with Crippen molar-refractivity contribution in [2.45, 2.75) is 25.9 Å². The molecule has 1 N–H and O–H groups in total. The molecule has 1 amide bonds. The van der Waals surface area contributed by atoms with Gasteiger partial charge in [-0.2, -0.15) is 13.2 Å². The molecule has 0 radical (unpaired) electrons. The Labute approximate surface area is 175 Å². The highest BCUT2D eigenvalue weighted by Gasteiger charge is 2.32. The van der Waals surface area contributed by atoms with Crippen molar-refractivity contribution >= 4 is 28.9 Å². The minimum absolute atomic E-state index is 0.0369. The smallest absolute Gasteiger partial charge is 0.349 e. The van der Waals surface area contributed by atoms with Gasteiger partial charge in [0.1, 0.15) is 5.69 Å². The molecule has 0 aliphatic heterocycles. The first kappa shape index (κ1) is 21.7. The molecule has 0 atom stereocenters. The predicted octanol–water partition coefficient (Wildman–Crippen LogP) is 4.69. The van der Waals surface area contributed by atoms with Gasteiger partial charge in [-0.05, 0) is 36.2 Å². The summed E-state index contributed by atoms with van der Waals surface area (Å²) in [6.07, 6.45) is -0.799. The summed E-state index contributed by atoms with van der Waals surface area (Å²) in [5.74, 6) is -0.0940. The summed E-state index contributed by atoms with van der Waals surface area (Å²) in [6, 6.07) is 6.39. The molecule has 0 saturated carbocycles. The Bertz CT molecular complexity index is 1050. The number of hydrogen-bond acceptors (Lipinski definition) is 6. The number of halogens is 3. The van der Waals surface area contributed by atoms with Crippen molar-refractivity contribution in [2.24, 2.45) is 0 Å². The van der Waals surface area contributed by atoms with Gasteiger partial charge in [-0.3, -0.25) is 4.79 Å². The van der Waals surface area contributed by atoms with Crippen molar-refractivity contribution in [1.29, 1.82) is 0 Å². The number of aromatic nitrogens is 3. The van der Waals surface area contributed by atoms with Crippen LogP contribution in [0.2, 0.25) is 0 Å². The van der Waals surface area contributed by atoms with Crippen LogP contribution in [0.5, 0.6) is 0 Å². The number of anilines is 2. The molecule has 2 aromatic heterocycles. The van der Waals surface area contributed by atoms with Crippen LogP contribution < -0.4 is 5.32 Å². The van der Waals surface area contributed by atoms with Crippen LogP contribution in [0, 0.1) is 6.92 Å². The number of carbonyl (C=O) groups is 1. The fourth-order valence-electron chi connectivity index (χ4n) is 2.70. The van der Waals surface area contributed by atoms with Crippen LogP contribution in [0.1, 0.15) is 22.7 Å². The van der Waals surface area contributed by atoms with Crippen molar-refractivity contribution in [3.8, 4) is 10.4 Å². The van der Waals surface area contributed by atoms with E-state index in [0.717, 1.165) is 33.3 Å². The fraction of sp³-hybridized carbons (Fsp3) is 0.300. The van der Waals surface area contributed by atoms with E-state index >= 15 is 0 Å². The van der Waals surface area contributed by atoms with Gasteiger partial charge in [0.15, 0.2) is 0 Å². The lowest BCUT2D eigenvalue weighted by molar-refractivity contribution is -0.141. The van der Waals surface area contributed by atoms with Gasteiger partial charge in [-0.15, -0.1) is 11.3 Å². The van der Waals surface area contributed by atoms with Crippen molar-refractivity contribution in [1.82, 2.24) is 19.9 Å². The maximum atomic E-state index is 12.9. The van der Waals surface area contributed by atoms with E-state index in [1.54, 1.807) is 37.3 Å². The first-order valence-corrected chi connectivity index (χ1v) is 9.87. The minimum Gasteiger partial charge on any atom is -0.349 e. The van der Waals surface area contributed by atoms with Crippen molar-refractivity contribution in [3.05, 3.63) is 52.9 Å². The maximum Gasteiger partial charge on any atom is 0.433 e. The van der Waals surface area contributed by atoms with Crippen LogP contribution in [0.4, 0.5) is 24.8 Å². The molecule has 1 aromatic carbocycles. The lowest BCUT2D eigenvalue weighted by atomic mass is 10.1. The van der Waals surface area contributed by atoms with E-state index < -0.39 is 11.9 Å². The van der Waals surface area contributed by atoms with E-state index in [9.17, 15) is 18.0 Å². The second-order valence-electron chi connectivity index (χ2n) is 6.88. The second-order valence-corrected chi connectivity index (χ2v) is 8.00. The summed E-state index contributed by atoms with van der Waals surface area (Å²) in [4.78, 5) is 26.0. The van der Waals surface area contributed by atoms with Crippen LogP contribution in [0.3, 0.4) is 0 Å². The third kappa shape index (κ3) is 5.53. The van der Waals surface area contributed by atoms with Crippen LogP contribution in [0.15, 0.2) is 36.7 Å². The van der Waals surface area contributed by atoms with Gasteiger partial charge in [-0.1, -0.05) is 6.07 Å². The second kappa shape index (κ2) is 8.78. The Morgan fingerprint density at radius 1 is 1.20 bits per heavy atom. The minimum atomic E-state index is -4.54. The number of carbonyl (C=O) groups excluding carboxylic acids is 1. The maximum absolute atomic E-state index is 12.9. The fourth-order valence-corrected chi connectivity index (χ4v) is 3.60. The number of thiazole rings is 1. The largest absolute Gasteiger partial charge is 0.433 e. The number of nitrogens with one attached hydrogen (secondary N) is 1. The Kier molecular flexibility index (Phi) is 6.35. The molecule has 3 aromatic rings. The molecule has 2 heterocycles. The SMILES string of the molecule is Cc1cc(Nc2nccc(C(F)(F)F)n2)cc(-c2cnc(CCC(=O)N(C)C)s2)c1. The van der Waals surface area contributed by atoms with Crippen LogP contribution in [-0.4, -0.2) is 39.9 Å². The highest BCUT2D eigenvalue weighted by Crippen LogP contribution is 2.31. The predicted molar refractivity (Wildman–Crippen MR) is 110 cm³/mol. The molecule has 0 aliphatic rings. The topological polar surface area (TPSA) is 71.0 Å². The zero-order chi connectivity index (χ0) is 21.9. The van der Waals surface area contributed by atoms with Gasteiger partial charge in [-0.25, -0.2) is 15.0 Å². The average molecular weight is 435 g/mol. The average Bonchev–Trinajstić information content (AvgIpc) is 3.14. The van der Waals surface area contributed by atoms with Gasteiger partial charge in [0, 0.05) is 45.0 Å². The number of rotatable bonds is 6. The van der Waals surface area contributed by atoms with Crippen LogP contribution >= 0.6 is 11.3 Å². The van der Waals surface area contributed by atoms with E-state index in [2.05, 4.69) is 20.3 Å². The normalized spacial score (nSPS) is 11.4. The van der Waals surface area contributed by atoms with Gasteiger partial charge in [0.05, 0.1) is 9.88 Å². The molecule has 0 unspecified atom stereocenters. The van der Waals surface area contributed by atoms with E-state index in [1.807, 2.05) is 13.0 Å². The monoisotopic (exact) mass is 435 g/mol. The Balaban J connectivity index is 1.79. The lowest BCUT2D eigenvalue weighted by Crippen LogP contribution is -2.21. The highest BCUT2D eigenvalue weighted by atomic mass is 32.1. The zero-order valence-corrected chi connectivity index (χ0v) is 17.4. The molecular formula is C20H20F3N5OS. The molecule has 3 rings (SSSR count). The van der Waals surface area contributed by atoms with Gasteiger partial charge >= 0.3 is 6.18 Å². The molecule has 0 fully saturated rings.